The van der Waals surface area contributed by atoms with Crippen molar-refractivity contribution in [1.29, 1.82) is 0 Å². The van der Waals surface area contributed by atoms with Crippen LogP contribution in [0, 0.1) is 5.92 Å². The van der Waals surface area contributed by atoms with Gasteiger partial charge in [-0.1, -0.05) is 6.92 Å². The molecule has 1 aliphatic carbocycles. The first-order chi connectivity index (χ1) is 13.4. The molecule has 1 aromatic carbocycles. The van der Waals surface area contributed by atoms with Crippen LogP contribution in [-0.4, -0.2) is 25.1 Å². The quantitative estimate of drug-likeness (QED) is 0.689. The lowest BCUT2D eigenvalue weighted by molar-refractivity contribution is -0.0498. The van der Waals surface area contributed by atoms with E-state index in [2.05, 4.69) is 17.0 Å². The number of nitrogens with one attached hydrogen (secondary N) is 1. The summed E-state index contributed by atoms with van der Waals surface area (Å²) < 4.78 is 34.0. The number of thiophene rings is 1. The maximum atomic E-state index is 12.6. The van der Waals surface area contributed by atoms with E-state index >= 15 is 0 Å². The van der Waals surface area contributed by atoms with Gasteiger partial charge < -0.3 is 14.8 Å². The number of carbonyl (C=O) groups is 2. The van der Waals surface area contributed by atoms with Crippen molar-refractivity contribution in [3.8, 4) is 5.75 Å². The van der Waals surface area contributed by atoms with E-state index < -0.39 is 18.5 Å². The molecule has 0 bridgehead atoms. The first-order valence-corrected chi connectivity index (χ1v) is 9.88. The number of carbonyl (C=O) groups excluding carboxylic acids is 2. The SMILES string of the molecule is CCOC(=O)c1c(NC(=O)c2ccc(OC(F)F)cc2)sc2c1CC[C@H](C)C2. The van der Waals surface area contributed by atoms with E-state index in [4.69, 9.17) is 4.74 Å². The number of amides is 1. The average molecular weight is 409 g/mol. The Bertz CT molecular complexity index is 864. The van der Waals surface area contributed by atoms with E-state index in [1.54, 1.807) is 6.92 Å². The van der Waals surface area contributed by atoms with Crippen LogP contribution in [0.4, 0.5) is 13.8 Å². The van der Waals surface area contributed by atoms with Crippen LogP contribution in [0.5, 0.6) is 5.75 Å². The molecule has 0 spiro atoms. The van der Waals surface area contributed by atoms with E-state index in [-0.39, 0.29) is 17.9 Å². The first kappa shape index (κ1) is 20.3. The van der Waals surface area contributed by atoms with Crippen molar-refractivity contribution in [3.05, 3.63) is 45.8 Å². The van der Waals surface area contributed by atoms with Gasteiger partial charge in [0.2, 0.25) is 0 Å². The van der Waals surface area contributed by atoms with Crippen LogP contribution in [0.2, 0.25) is 0 Å². The summed E-state index contributed by atoms with van der Waals surface area (Å²) in [6.45, 7) is 1.22. The molecule has 0 fully saturated rings. The zero-order valence-electron chi connectivity index (χ0n) is 15.6. The lowest BCUT2D eigenvalue weighted by Crippen LogP contribution is -2.16. The minimum atomic E-state index is -2.92. The molecule has 2 aromatic rings. The molecule has 0 saturated heterocycles. The summed E-state index contributed by atoms with van der Waals surface area (Å²) in [6, 6.07) is 5.39. The molecule has 1 amide bonds. The molecule has 1 aliphatic rings. The van der Waals surface area contributed by atoms with Crippen molar-refractivity contribution in [2.24, 2.45) is 5.92 Å². The predicted molar refractivity (Wildman–Crippen MR) is 102 cm³/mol. The molecule has 1 heterocycles. The molecule has 5 nitrogen and oxygen atoms in total. The number of hydrogen-bond acceptors (Lipinski definition) is 5. The molecule has 0 unspecified atom stereocenters. The highest BCUT2D eigenvalue weighted by atomic mass is 32.1. The number of esters is 1. The van der Waals surface area contributed by atoms with Crippen LogP contribution in [0.1, 0.15) is 51.4 Å². The van der Waals surface area contributed by atoms with Gasteiger partial charge in [-0.2, -0.15) is 8.78 Å². The molecule has 0 aliphatic heterocycles. The molecule has 1 N–H and O–H groups in total. The van der Waals surface area contributed by atoms with Crippen LogP contribution in [0.25, 0.3) is 0 Å². The van der Waals surface area contributed by atoms with Crippen molar-refractivity contribution in [1.82, 2.24) is 0 Å². The smallest absolute Gasteiger partial charge is 0.387 e. The molecule has 8 heteroatoms. The summed E-state index contributed by atoms with van der Waals surface area (Å²) >= 11 is 1.40. The molecular weight excluding hydrogens is 388 g/mol. The summed E-state index contributed by atoms with van der Waals surface area (Å²) in [5, 5.41) is 3.26. The van der Waals surface area contributed by atoms with E-state index in [0.29, 0.717) is 16.5 Å². The Kier molecular flexibility index (Phi) is 6.28. The standard InChI is InChI=1S/C20H21F2NO4S/c1-3-26-19(25)16-14-9-4-11(2)10-15(14)28-18(16)23-17(24)12-5-7-13(8-6-12)27-20(21)22/h5-8,11,20H,3-4,9-10H2,1-2H3,(H,23,24)/t11-/m0/s1. The van der Waals surface area contributed by atoms with Gasteiger partial charge in [0, 0.05) is 10.4 Å². The Morgan fingerprint density at radius 1 is 1.29 bits per heavy atom. The largest absolute Gasteiger partial charge is 0.462 e. The van der Waals surface area contributed by atoms with Gasteiger partial charge in [0.1, 0.15) is 10.8 Å². The normalized spacial score (nSPS) is 15.8. The molecular formula is C20H21F2NO4S. The Hall–Kier alpha value is -2.48. The van der Waals surface area contributed by atoms with Gasteiger partial charge in [-0.15, -0.1) is 11.3 Å². The summed E-state index contributed by atoms with van der Waals surface area (Å²) in [5.74, 6) is -0.377. The lowest BCUT2D eigenvalue weighted by Gasteiger charge is -2.18. The maximum Gasteiger partial charge on any atom is 0.387 e. The number of fused-ring (bicyclic) bond motifs is 1. The molecule has 3 rings (SSSR count). The van der Waals surface area contributed by atoms with Crippen LogP contribution in [0.3, 0.4) is 0 Å². The third kappa shape index (κ3) is 4.49. The highest BCUT2D eigenvalue weighted by molar-refractivity contribution is 7.17. The molecule has 1 atom stereocenters. The Labute approximate surface area is 165 Å². The van der Waals surface area contributed by atoms with Gasteiger partial charge in [-0.25, -0.2) is 4.79 Å². The average Bonchev–Trinajstić information content (AvgIpc) is 2.98. The van der Waals surface area contributed by atoms with Gasteiger partial charge in [0.25, 0.3) is 5.91 Å². The van der Waals surface area contributed by atoms with Crippen molar-refractivity contribution in [2.75, 3.05) is 11.9 Å². The minimum Gasteiger partial charge on any atom is -0.462 e. The van der Waals surface area contributed by atoms with Crippen LogP contribution >= 0.6 is 11.3 Å². The lowest BCUT2D eigenvalue weighted by atomic mass is 9.88. The van der Waals surface area contributed by atoms with Gasteiger partial charge >= 0.3 is 12.6 Å². The summed E-state index contributed by atoms with van der Waals surface area (Å²) in [4.78, 5) is 26.2. The zero-order valence-corrected chi connectivity index (χ0v) is 16.4. The van der Waals surface area contributed by atoms with Crippen LogP contribution in [-0.2, 0) is 17.6 Å². The second-order valence-corrected chi connectivity index (χ2v) is 7.74. The Morgan fingerprint density at radius 2 is 2.00 bits per heavy atom. The monoisotopic (exact) mass is 409 g/mol. The predicted octanol–water partition coefficient (Wildman–Crippen LogP) is 4.90. The maximum absolute atomic E-state index is 12.6. The second kappa shape index (κ2) is 8.68. The molecule has 0 saturated carbocycles. The highest BCUT2D eigenvalue weighted by Crippen LogP contribution is 2.40. The second-order valence-electron chi connectivity index (χ2n) is 6.63. The summed E-state index contributed by atoms with van der Waals surface area (Å²) in [7, 11) is 0. The first-order valence-electron chi connectivity index (χ1n) is 9.06. The van der Waals surface area contributed by atoms with E-state index in [9.17, 15) is 18.4 Å². The molecule has 0 radical (unpaired) electrons. The Morgan fingerprint density at radius 3 is 2.64 bits per heavy atom. The minimum absolute atomic E-state index is 0.0284. The Balaban J connectivity index is 1.84. The van der Waals surface area contributed by atoms with E-state index in [1.807, 2.05) is 0 Å². The van der Waals surface area contributed by atoms with Crippen molar-refractivity contribution < 1.29 is 27.8 Å². The topological polar surface area (TPSA) is 64.6 Å². The molecule has 28 heavy (non-hydrogen) atoms. The van der Waals surface area contributed by atoms with Gasteiger partial charge in [0.15, 0.2) is 0 Å². The van der Waals surface area contributed by atoms with Gasteiger partial charge in [-0.05, 0) is 61.9 Å². The number of ether oxygens (including phenoxy) is 2. The number of hydrogen-bond donors (Lipinski definition) is 1. The number of alkyl halides is 2. The van der Waals surface area contributed by atoms with Gasteiger partial charge in [-0.3, -0.25) is 4.79 Å². The van der Waals surface area contributed by atoms with Crippen LogP contribution < -0.4 is 10.1 Å². The van der Waals surface area contributed by atoms with E-state index in [1.165, 1.54) is 35.6 Å². The fraction of sp³-hybridized carbons (Fsp3) is 0.400. The molecule has 1 aromatic heterocycles. The van der Waals surface area contributed by atoms with Crippen molar-refractivity contribution in [3.63, 3.8) is 0 Å². The number of halogens is 2. The number of anilines is 1. The van der Waals surface area contributed by atoms with Crippen molar-refractivity contribution in [2.45, 2.75) is 39.7 Å². The van der Waals surface area contributed by atoms with Gasteiger partial charge in [0.05, 0.1) is 12.2 Å². The van der Waals surface area contributed by atoms with Crippen molar-refractivity contribution >= 4 is 28.2 Å². The fourth-order valence-corrected chi connectivity index (χ4v) is 4.61. The number of benzene rings is 1. The third-order valence-corrected chi connectivity index (χ3v) is 5.73. The highest BCUT2D eigenvalue weighted by Gasteiger charge is 2.29. The molecule has 150 valence electrons. The van der Waals surface area contributed by atoms with Crippen LogP contribution in [0.15, 0.2) is 24.3 Å². The summed E-state index contributed by atoms with van der Waals surface area (Å²) in [6.07, 6.45) is 2.62. The fourth-order valence-electron chi connectivity index (χ4n) is 3.22. The summed E-state index contributed by atoms with van der Waals surface area (Å²) in [5.41, 5.74) is 1.66. The zero-order chi connectivity index (χ0) is 20.3. The third-order valence-electron chi connectivity index (χ3n) is 4.56. The van der Waals surface area contributed by atoms with E-state index in [0.717, 1.165) is 29.7 Å². The number of rotatable bonds is 6.